The third-order valence-electron chi connectivity index (χ3n) is 5.34. The number of aromatic nitrogens is 2. The highest BCUT2D eigenvalue weighted by Gasteiger charge is 2.23. The molecule has 0 aliphatic heterocycles. The molecular weight excluding hydrogens is 426 g/mol. The second-order valence-electron chi connectivity index (χ2n) is 7.56. The number of carbonyl (C=O) groups excluding carboxylic acids is 2. The highest BCUT2D eigenvalue weighted by molar-refractivity contribution is 5.95. The SMILES string of the molecule is COc1ccc(CCC(=O)OC(C)C(=O)Nc2c(C)n(C)n(-c3ccccc3)c2=O)cc1O. The van der Waals surface area contributed by atoms with E-state index in [1.807, 2.05) is 18.2 Å². The zero-order valence-corrected chi connectivity index (χ0v) is 19.0. The summed E-state index contributed by atoms with van der Waals surface area (Å²) in [6.45, 7) is 3.16. The summed E-state index contributed by atoms with van der Waals surface area (Å²) in [5.74, 6) is -0.847. The van der Waals surface area contributed by atoms with Gasteiger partial charge >= 0.3 is 5.97 Å². The first-order valence-corrected chi connectivity index (χ1v) is 10.4. The van der Waals surface area contributed by atoms with Crippen LogP contribution in [0.15, 0.2) is 53.3 Å². The van der Waals surface area contributed by atoms with Crippen LogP contribution in [0, 0.1) is 6.92 Å². The van der Waals surface area contributed by atoms with Crippen molar-refractivity contribution in [2.45, 2.75) is 32.8 Å². The molecular formula is C24H27N3O6. The highest BCUT2D eigenvalue weighted by Crippen LogP contribution is 2.26. The zero-order valence-electron chi connectivity index (χ0n) is 19.0. The summed E-state index contributed by atoms with van der Waals surface area (Å²) in [5.41, 5.74) is 1.70. The average molecular weight is 453 g/mol. The van der Waals surface area contributed by atoms with Gasteiger partial charge in [-0.15, -0.1) is 0 Å². The monoisotopic (exact) mass is 453 g/mol. The number of carbonyl (C=O) groups is 2. The van der Waals surface area contributed by atoms with E-state index in [2.05, 4.69) is 5.32 Å². The van der Waals surface area contributed by atoms with Crippen molar-refractivity contribution in [2.24, 2.45) is 7.05 Å². The number of amides is 1. The van der Waals surface area contributed by atoms with Gasteiger partial charge in [0.25, 0.3) is 11.5 Å². The van der Waals surface area contributed by atoms with Crippen LogP contribution in [0.3, 0.4) is 0 Å². The molecule has 1 atom stereocenters. The molecule has 1 amide bonds. The van der Waals surface area contributed by atoms with Gasteiger partial charge < -0.3 is 19.9 Å². The maximum absolute atomic E-state index is 12.9. The van der Waals surface area contributed by atoms with Gasteiger partial charge in [-0.3, -0.25) is 19.1 Å². The Hall–Kier alpha value is -4.01. The number of aromatic hydroxyl groups is 1. The van der Waals surface area contributed by atoms with Crippen molar-refractivity contribution in [2.75, 3.05) is 12.4 Å². The van der Waals surface area contributed by atoms with Crippen LogP contribution < -0.4 is 15.6 Å². The fraction of sp³-hybridized carbons (Fsp3) is 0.292. The lowest BCUT2D eigenvalue weighted by atomic mass is 10.1. The molecule has 0 bridgehead atoms. The minimum Gasteiger partial charge on any atom is -0.504 e. The van der Waals surface area contributed by atoms with Crippen molar-refractivity contribution in [3.63, 3.8) is 0 Å². The summed E-state index contributed by atoms with van der Waals surface area (Å²) in [7, 11) is 3.17. The van der Waals surface area contributed by atoms with Crippen LogP contribution in [-0.4, -0.2) is 39.6 Å². The lowest BCUT2D eigenvalue weighted by Crippen LogP contribution is -2.32. The molecule has 174 valence electrons. The van der Waals surface area contributed by atoms with Crippen molar-refractivity contribution in [3.8, 4) is 17.2 Å². The van der Waals surface area contributed by atoms with E-state index >= 15 is 0 Å². The van der Waals surface area contributed by atoms with Crippen molar-refractivity contribution < 1.29 is 24.2 Å². The molecule has 2 N–H and O–H groups in total. The van der Waals surface area contributed by atoms with Crippen LogP contribution in [0.25, 0.3) is 5.69 Å². The molecule has 3 rings (SSSR count). The van der Waals surface area contributed by atoms with E-state index in [1.165, 1.54) is 24.8 Å². The summed E-state index contributed by atoms with van der Waals surface area (Å²) in [6, 6.07) is 13.9. The Kier molecular flexibility index (Phi) is 7.22. The Balaban J connectivity index is 1.62. The number of nitrogens with zero attached hydrogens (tertiary/aromatic N) is 2. The first-order valence-electron chi connectivity index (χ1n) is 10.4. The minimum absolute atomic E-state index is 0.0181. The van der Waals surface area contributed by atoms with Crippen LogP contribution in [0.2, 0.25) is 0 Å². The number of esters is 1. The van der Waals surface area contributed by atoms with Gasteiger partial charge in [0.2, 0.25) is 0 Å². The van der Waals surface area contributed by atoms with Gasteiger partial charge in [-0.05, 0) is 50.1 Å². The molecule has 1 heterocycles. The topological polar surface area (TPSA) is 112 Å². The summed E-state index contributed by atoms with van der Waals surface area (Å²) < 4.78 is 13.3. The van der Waals surface area contributed by atoms with E-state index in [0.29, 0.717) is 23.6 Å². The van der Waals surface area contributed by atoms with Gasteiger partial charge in [0, 0.05) is 13.5 Å². The molecule has 2 aromatic carbocycles. The van der Waals surface area contributed by atoms with Gasteiger partial charge in [0.15, 0.2) is 17.6 Å². The number of phenols is 1. The Labute approximate surface area is 191 Å². The van der Waals surface area contributed by atoms with Gasteiger partial charge in [0.05, 0.1) is 18.5 Å². The summed E-state index contributed by atoms with van der Waals surface area (Å²) >= 11 is 0. The predicted molar refractivity (Wildman–Crippen MR) is 123 cm³/mol. The van der Waals surface area contributed by atoms with Crippen molar-refractivity contribution >= 4 is 17.6 Å². The van der Waals surface area contributed by atoms with Gasteiger partial charge in [0.1, 0.15) is 5.69 Å². The maximum Gasteiger partial charge on any atom is 0.306 e. The van der Waals surface area contributed by atoms with E-state index in [0.717, 1.165) is 5.56 Å². The number of para-hydroxylation sites is 1. The molecule has 3 aromatic rings. The molecule has 0 saturated carbocycles. The molecule has 0 aliphatic carbocycles. The number of hydrogen-bond acceptors (Lipinski definition) is 6. The first-order chi connectivity index (χ1) is 15.7. The van der Waals surface area contributed by atoms with E-state index in [1.54, 1.807) is 42.9 Å². The maximum atomic E-state index is 12.9. The number of phenolic OH excluding ortho intramolecular Hbond substituents is 1. The largest absolute Gasteiger partial charge is 0.504 e. The van der Waals surface area contributed by atoms with Crippen LogP contribution in [0.5, 0.6) is 11.5 Å². The quantitative estimate of drug-likeness (QED) is 0.507. The first kappa shape index (κ1) is 23.6. The summed E-state index contributed by atoms with van der Waals surface area (Å²) in [5, 5.41) is 12.4. The van der Waals surface area contributed by atoms with Crippen molar-refractivity contribution in [1.29, 1.82) is 0 Å². The van der Waals surface area contributed by atoms with E-state index in [4.69, 9.17) is 9.47 Å². The molecule has 0 saturated heterocycles. The van der Waals surface area contributed by atoms with Crippen molar-refractivity contribution in [3.05, 3.63) is 70.1 Å². The molecule has 0 aliphatic rings. The molecule has 1 unspecified atom stereocenters. The molecule has 0 spiro atoms. The Morgan fingerprint density at radius 2 is 1.85 bits per heavy atom. The number of rotatable bonds is 8. The Bertz CT molecular complexity index is 1210. The van der Waals surface area contributed by atoms with Crippen LogP contribution in [-0.2, 0) is 27.8 Å². The molecule has 9 nitrogen and oxygen atoms in total. The van der Waals surface area contributed by atoms with E-state index in [-0.39, 0.29) is 23.4 Å². The van der Waals surface area contributed by atoms with Crippen molar-refractivity contribution in [1.82, 2.24) is 9.36 Å². The van der Waals surface area contributed by atoms with E-state index < -0.39 is 18.0 Å². The predicted octanol–water partition coefficient (Wildman–Crippen LogP) is 2.70. The average Bonchev–Trinajstić information content (AvgIpc) is 3.01. The third kappa shape index (κ3) is 5.25. The van der Waals surface area contributed by atoms with E-state index in [9.17, 15) is 19.5 Å². The number of nitrogens with one attached hydrogen (secondary N) is 1. The van der Waals surface area contributed by atoms with Gasteiger partial charge in [-0.2, -0.15) is 0 Å². The Morgan fingerprint density at radius 3 is 2.48 bits per heavy atom. The smallest absolute Gasteiger partial charge is 0.306 e. The number of ether oxygens (including phenoxy) is 2. The number of methoxy groups -OCH3 is 1. The molecule has 33 heavy (non-hydrogen) atoms. The summed E-state index contributed by atoms with van der Waals surface area (Å²) in [4.78, 5) is 37.7. The lowest BCUT2D eigenvalue weighted by Gasteiger charge is -2.13. The van der Waals surface area contributed by atoms with Gasteiger partial charge in [-0.25, -0.2) is 4.68 Å². The standard InChI is InChI=1S/C24H27N3O6/c1-15-22(24(31)27(26(15)3)18-8-6-5-7-9-18)25-23(30)16(2)33-21(29)13-11-17-10-12-20(32-4)19(28)14-17/h5-10,12,14,16,28H,11,13H2,1-4H3,(H,25,30). The number of benzene rings is 2. The fourth-order valence-corrected chi connectivity index (χ4v) is 3.38. The molecule has 0 fully saturated rings. The number of anilines is 1. The van der Waals surface area contributed by atoms with Crippen LogP contribution in [0.1, 0.15) is 24.6 Å². The molecule has 0 radical (unpaired) electrons. The lowest BCUT2D eigenvalue weighted by molar-refractivity contribution is -0.153. The zero-order chi connectivity index (χ0) is 24.1. The normalized spacial score (nSPS) is 11.6. The Morgan fingerprint density at radius 1 is 1.15 bits per heavy atom. The number of hydrogen-bond donors (Lipinski definition) is 2. The van der Waals surface area contributed by atoms with Crippen LogP contribution >= 0.6 is 0 Å². The fourth-order valence-electron chi connectivity index (χ4n) is 3.38. The van der Waals surface area contributed by atoms with Gasteiger partial charge in [-0.1, -0.05) is 24.3 Å². The van der Waals surface area contributed by atoms with Crippen LogP contribution in [0.4, 0.5) is 5.69 Å². The summed E-state index contributed by atoms with van der Waals surface area (Å²) in [6.07, 6.45) is -0.746. The highest BCUT2D eigenvalue weighted by atomic mass is 16.5. The second kappa shape index (κ2) is 10.1. The number of aryl methyl sites for hydroxylation is 1. The molecule has 1 aromatic heterocycles. The second-order valence-corrected chi connectivity index (χ2v) is 7.56. The third-order valence-corrected chi connectivity index (χ3v) is 5.34. The minimum atomic E-state index is -1.09. The molecule has 9 heteroatoms.